The number of benzene rings is 2. The normalized spacial score (nSPS) is 16.6. The Morgan fingerprint density at radius 3 is 2.72 bits per heavy atom. The third kappa shape index (κ3) is 4.95. The van der Waals surface area contributed by atoms with Crippen molar-refractivity contribution in [1.82, 2.24) is 15.5 Å². The number of halogens is 2. The van der Waals surface area contributed by atoms with Gasteiger partial charge >= 0.3 is 0 Å². The van der Waals surface area contributed by atoms with Gasteiger partial charge in [-0.1, -0.05) is 35.9 Å². The molecule has 150 valence electrons. The second kappa shape index (κ2) is 8.66. The molecule has 1 saturated heterocycles. The predicted molar refractivity (Wildman–Crippen MR) is 113 cm³/mol. The monoisotopic (exact) mass is 412 g/mol. The Bertz CT molecular complexity index is 971. The highest BCUT2D eigenvalue weighted by Crippen LogP contribution is 2.25. The highest BCUT2D eigenvalue weighted by Gasteiger charge is 2.23. The molecule has 2 aromatic carbocycles. The van der Waals surface area contributed by atoms with Crippen LogP contribution in [0.25, 0.3) is 11.3 Å². The average molecular weight is 413 g/mol. The lowest BCUT2D eigenvalue weighted by atomic mass is 10.0. The van der Waals surface area contributed by atoms with Crippen LogP contribution in [0.3, 0.4) is 0 Å². The van der Waals surface area contributed by atoms with E-state index in [0.717, 1.165) is 42.0 Å². The minimum atomic E-state index is -0.297. The van der Waals surface area contributed by atoms with Gasteiger partial charge in [-0.3, -0.25) is 9.89 Å². The minimum Gasteiger partial charge on any atom is -0.353 e. The topological polar surface area (TPSA) is 61.0 Å². The summed E-state index contributed by atoms with van der Waals surface area (Å²) in [7, 11) is 0. The number of nitrogens with one attached hydrogen (secondary N) is 2. The van der Waals surface area contributed by atoms with Gasteiger partial charge in [0.05, 0.1) is 12.1 Å². The first-order valence-corrected chi connectivity index (χ1v) is 10.0. The molecule has 4 rings (SSSR count). The van der Waals surface area contributed by atoms with Crippen LogP contribution >= 0.6 is 11.6 Å². The first-order valence-electron chi connectivity index (χ1n) is 9.67. The van der Waals surface area contributed by atoms with Crippen LogP contribution in [-0.4, -0.2) is 35.2 Å². The van der Waals surface area contributed by atoms with Gasteiger partial charge in [-0.05, 0) is 48.2 Å². The van der Waals surface area contributed by atoms with Crippen LogP contribution < -0.4 is 10.2 Å². The van der Waals surface area contributed by atoms with Crippen molar-refractivity contribution in [2.45, 2.75) is 25.3 Å². The molecule has 0 aliphatic carbocycles. The highest BCUT2D eigenvalue weighted by molar-refractivity contribution is 6.30. The number of amides is 1. The summed E-state index contributed by atoms with van der Waals surface area (Å²) in [5, 5.41) is 11.3. The van der Waals surface area contributed by atoms with Gasteiger partial charge in [0.25, 0.3) is 0 Å². The Kier molecular flexibility index (Phi) is 5.81. The van der Waals surface area contributed by atoms with E-state index in [1.165, 1.54) is 12.1 Å². The number of nitrogens with zero attached hydrogens (tertiary/aromatic N) is 2. The van der Waals surface area contributed by atoms with Crippen LogP contribution in [0.15, 0.2) is 54.6 Å². The second-order valence-electron chi connectivity index (χ2n) is 7.30. The van der Waals surface area contributed by atoms with Crippen LogP contribution in [0.2, 0.25) is 5.02 Å². The Balaban J connectivity index is 1.36. The van der Waals surface area contributed by atoms with Crippen LogP contribution in [0.5, 0.6) is 0 Å². The van der Waals surface area contributed by atoms with Crippen molar-refractivity contribution in [3.05, 3.63) is 71.0 Å². The Morgan fingerprint density at radius 1 is 1.21 bits per heavy atom. The summed E-state index contributed by atoms with van der Waals surface area (Å²) in [6, 6.07) is 15.7. The van der Waals surface area contributed by atoms with Crippen molar-refractivity contribution in [3.8, 4) is 11.3 Å². The number of anilines is 1. The van der Waals surface area contributed by atoms with E-state index in [9.17, 15) is 9.18 Å². The molecule has 0 bridgehead atoms. The number of rotatable bonds is 5. The van der Waals surface area contributed by atoms with Crippen LogP contribution in [0, 0.1) is 5.82 Å². The number of carbonyl (C=O) groups is 1. The van der Waals surface area contributed by atoms with Crippen molar-refractivity contribution in [2.75, 3.05) is 18.0 Å². The van der Waals surface area contributed by atoms with E-state index in [2.05, 4.69) is 20.4 Å². The first-order chi connectivity index (χ1) is 14.1. The lowest BCUT2D eigenvalue weighted by Crippen LogP contribution is -2.48. The van der Waals surface area contributed by atoms with Crippen molar-refractivity contribution in [3.63, 3.8) is 0 Å². The van der Waals surface area contributed by atoms with E-state index in [4.69, 9.17) is 11.6 Å². The molecule has 29 heavy (non-hydrogen) atoms. The first kappa shape index (κ1) is 19.5. The van der Waals surface area contributed by atoms with Crippen LogP contribution in [0.4, 0.5) is 10.2 Å². The molecule has 2 heterocycles. The SMILES string of the molecule is O=C(Cc1ccc(F)cc1)NC1CCCN(c2cc(-c3ccc(Cl)cc3)[nH]n2)C1. The quantitative estimate of drug-likeness (QED) is 0.660. The fourth-order valence-electron chi connectivity index (χ4n) is 3.62. The molecule has 1 aliphatic rings. The third-order valence-electron chi connectivity index (χ3n) is 5.11. The molecule has 1 amide bonds. The summed E-state index contributed by atoms with van der Waals surface area (Å²) in [5.41, 5.74) is 2.75. The van der Waals surface area contributed by atoms with E-state index in [1.807, 2.05) is 30.3 Å². The number of aromatic amines is 1. The van der Waals surface area contributed by atoms with Gasteiger partial charge in [0.1, 0.15) is 5.82 Å². The zero-order valence-corrected chi connectivity index (χ0v) is 16.6. The summed E-state index contributed by atoms with van der Waals surface area (Å²) in [6.07, 6.45) is 2.16. The van der Waals surface area contributed by atoms with Gasteiger partial charge in [-0.2, -0.15) is 5.10 Å². The molecule has 0 saturated carbocycles. The molecule has 0 radical (unpaired) electrons. The van der Waals surface area contributed by atoms with Crippen molar-refractivity contribution in [2.24, 2.45) is 0 Å². The van der Waals surface area contributed by atoms with E-state index in [0.29, 0.717) is 11.6 Å². The van der Waals surface area contributed by atoms with E-state index in [-0.39, 0.29) is 24.2 Å². The Labute approximate surface area is 173 Å². The molecular formula is C22H22ClFN4O. The number of aromatic nitrogens is 2. The van der Waals surface area contributed by atoms with Gasteiger partial charge in [0.2, 0.25) is 5.91 Å². The molecule has 1 atom stereocenters. The second-order valence-corrected chi connectivity index (χ2v) is 7.74. The number of carbonyl (C=O) groups excluding carboxylic acids is 1. The van der Waals surface area contributed by atoms with E-state index in [1.54, 1.807) is 12.1 Å². The summed E-state index contributed by atoms with van der Waals surface area (Å²) < 4.78 is 13.0. The molecule has 3 aromatic rings. The molecule has 1 fully saturated rings. The largest absolute Gasteiger partial charge is 0.353 e. The van der Waals surface area contributed by atoms with Crippen molar-refractivity contribution < 1.29 is 9.18 Å². The molecule has 1 unspecified atom stereocenters. The number of hydrogen-bond donors (Lipinski definition) is 2. The molecule has 5 nitrogen and oxygen atoms in total. The zero-order chi connectivity index (χ0) is 20.2. The summed E-state index contributed by atoms with van der Waals surface area (Å²) in [4.78, 5) is 14.6. The molecule has 7 heteroatoms. The Morgan fingerprint density at radius 2 is 1.97 bits per heavy atom. The maximum atomic E-state index is 13.0. The summed E-state index contributed by atoms with van der Waals surface area (Å²) in [5.74, 6) is 0.522. The van der Waals surface area contributed by atoms with Crippen molar-refractivity contribution >= 4 is 23.3 Å². The summed E-state index contributed by atoms with van der Waals surface area (Å²) in [6.45, 7) is 1.61. The molecular weight excluding hydrogens is 391 g/mol. The smallest absolute Gasteiger partial charge is 0.224 e. The predicted octanol–water partition coefficient (Wildman–Crippen LogP) is 4.20. The van der Waals surface area contributed by atoms with E-state index >= 15 is 0 Å². The minimum absolute atomic E-state index is 0.0488. The standard InChI is InChI=1S/C22H22ClFN4O/c23-17-7-5-16(6-8-17)20-13-21(27-26-20)28-11-1-2-19(14-28)25-22(29)12-15-3-9-18(24)10-4-15/h3-10,13,19H,1-2,11-12,14H2,(H,25,29)(H,26,27). The third-order valence-corrected chi connectivity index (χ3v) is 5.36. The lowest BCUT2D eigenvalue weighted by molar-refractivity contribution is -0.121. The lowest BCUT2D eigenvalue weighted by Gasteiger charge is -2.33. The van der Waals surface area contributed by atoms with Gasteiger partial charge in [0, 0.05) is 30.2 Å². The Hall–Kier alpha value is -2.86. The van der Waals surface area contributed by atoms with Crippen molar-refractivity contribution in [1.29, 1.82) is 0 Å². The van der Waals surface area contributed by atoms with Gasteiger partial charge < -0.3 is 10.2 Å². The maximum absolute atomic E-state index is 13.0. The van der Waals surface area contributed by atoms with Gasteiger partial charge in [-0.25, -0.2) is 4.39 Å². The fourth-order valence-corrected chi connectivity index (χ4v) is 3.75. The maximum Gasteiger partial charge on any atom is 0.224 e. The van der Waals surface area contributed by atoms with Crippen LogP contribution in [-0.2, 0) is 11.2 Å². The van der Waals surface area contributed by atoms with Gasteiger partial charge in [-0.15, -0.1) is 0 Å². The number of hydrogen-bond acceptors (Lipinski definition) is 3. The number of piperidine rings is 1. The summed E-state index contributed by atoms with van der Waals surface area (Å²) >= 11 is 5.96. The number of H-pyrrole nitrogens is 1. The average Bonchev–Trinajstić information content (AvgIpc) is 3.21. The molecule has 1 aliphatic heterocycles. The highest BCUT2D eigenvalue weighted by atomic mass is 35.5. The van der Waals surface area contributed by atoms with Gasteiger partial charge in [0.15, 0.2) is 5.82 Å². The van der Waals surface area contributed by atoms with Crippen LogP contribution in [0.1, 0.15) is 18.4 Å². The molecule has 1 aromatic heterocycles. The fraction of sp³-hybridized carbons (Fsp3) is 0.273. The zero-order valence-electron chi connectivity index (χ0n) is 15.9. The van der Waals surface area contributed by atoms with E-state index < -0.39 is 0 Å². The molecule has 2 N–H and O–H groups in total. The molecule has 0 spiro atoms.